The Morgan fingerprint density at radius 1 is 1.24 bits per heavy atom. The Labute approximate surface area is 125 Å². The lowest BCUT2D eigenvalue weighted by atomic mass is 10.3. The van der Waals surface area contributed by atoms with Crippen molar-refractivity contribution in [1.82, 2.24) is 4.31 Å². The predicted octanol–water partition coefficient (Wildman–Crippen LogP) is 2.31. The molecular formula is C15H20FNO3S. The molecule has 116 valence electrons. The molecule has 1 unspecified atom stereocenters. The number of benzene rings is 1. The minimum Gasteiger partial charge on any atom is -0.491 e. The van der Waals surface area contributed by atoms with Crippen LogP contribution in [0.25, 0.3) is 0 Å². The zero-order valence-corrected chi connectivity index (χ0v) is 13.0. The Balaban J connectivity index is 1.71. The van der Waals surface area contributed by atoms with Crippen molar-refractivity contribution in [2.45, 2.75) is 24.8 Å². The first-order valence-corrected chi connectivity index (χ1v) is 8.70. The number of hydrogen-bond acceptors (Lipinski definition) is 3. The molecule has 1 aromatic rings. The van der Waals surface area contributed by atoms with Crippen molar-refractivity contribution >= 4 is 10.0 Å². The van der Waals surface area contributed by atoms with Crippen LogP contribution in [0.2, 0.25) is 0 Å². The number of rotatable bonds is 5. The Kier molecular flexibility index (Phi) is 3.69. The van der Waals surface area contributed by atoms with E-state index in [4.69, 9.17) is 4.74 Å². The van der Waals surface area contributed by atoms with Crippen LogP contribution in [0.1, 0.15) is 13.8 Å². The van der Waals surface area contributed by atoms with Crippen LogP contribution < -0.4 is 4.74 Å². The first-order valence-electron chi connectivity index (χ1n) is 7.26. The minimum atomic E-state index is -3.46. The molecular weight excluding hydrogens is 293 g/mol. The highest BCUT2D eigenvalue weighted by atomic mass is 32.2. The molecule has 0 aromatic heterocycles. The van der Waals surface area contributed by atoms with Gasteiger partial charge in [-0.05, 0) is 55.9 Å². The van der Waals surface area contributed by atoms with Gasteiger partial charge < -0.3 is 4.74 Å². The molecule has 1 aliphatic heterocycles. The van der Waals surface area contributed by atoms with Crippen molar-refractivity contribution in [2.24, 2.45) is 17.8 Å². The van der Waals surface area contributed by atoms with Gasteiger partial charge in [0.25, 0.3) is 0 Å². The van der Waals surface area contributed by atoms with Crippen LogP contribution in [0, 0.1) is 17.8 Å². The summed E-state index contributed by atoms with van der Waals surface area (Å²) < 4.78 is 44.6. The number of ether oxygens (including phenoxy) is 1. The molecule has 0 radical (unpaired) electrons. The molecule has 1 saturated carbocycles. The fourth-order valence-electron chi connectivity index (χ4n) is 3.15. The van der Waals surface area contributed by atoms with Crippen LogP contribution in [-0.4, -0.2) is 38.6 Å². The average Bonchev–Trinajstić information content (AvgIpc) is 2.89. The molecule has 0 amide bonds. The van der Waals surface area contributed by atoms with Gasteiger partial charge in [0.1, 0.15) is 5.75 Å². The second kappa shape index (κ2) is 5.25. The number of hydrogen-bond donors (Lipinski definition) is 0. The van der Waals surface area contributed by atoms with Crippen molar-refractivity contribution in [3.05, 3.63) is 24.3 Å². The van der Waals surface area contributed by atoms with E-state index in [0.717, 1.165) is 0 Å². The third kappa shape index (κ3) is 2.66. The second-order valence-electron chi connectivity index (χ2n) is 6.11. The SMILES string of the molecule is CC(C)Oc1ccc(S(=O)(=O)N2C[C@@H]3C(CF)[C@@H]3C2)cc1. The lowest BCUT2D eigenvalue weighted by molar-refractivity contribution is 0.242. The molecule has 6 heteroatoms. The highest BCUT2D eigenvalue weighted by Crippen LogP contribution is 2.52. The molecule has 1 aromatic carbocycles. The van der Waals surface area contributed by atoms with Crippen LogP contribution in [0.15, 0.2) is 29.2 Å². The van der Waals surface area contributed by atoms with Gasteiger partial charge in [0.05, 0.1) is 17.7 Å². The van der Waals surface area contributed by atoms with E-state index in [1.807, 2.05) is 13.8 Å². The number of piperidine rings is 1. The van der Waals surface area contributed by atoms with Gasteiger partial charge in [-0.1, -0.05) is 0 Å². The van der Waals surface area contributed by atoms with E-state index in [2.05, 4.69) is 0 Å². The largest absolute Gasteiger partial charge is 0.491 e. The van der Waals surface area contributed by atoms with Gasteiger partial charge in [-0.15, -0.1) is 0 Å². The van der Waals surface area contributed by atoms with E-state index >= 15 is 0 Å². The molecule has 0 N–H and O–H groups in total. The number of nitrogens with zero attached hydrogens (tertiary/aromatic N) is 1. The maximum atomic E-state index is 12.6. The van der Waals surface area contributed by atoms with Crippen LogP contribution in [0.4, 0.5) is 4.39 Å². The summed E-state index contributed by atoms with van der Waals surface area (Å²) in [6.07, 6.45) is 0.0517. The highest BCUT2D eigenvalue weighted by Gasteiger charge is 2.57. The summed E-state index contributed by atoms with van der Waals surface area (Å²) in [5, 5.41) is 0. The lowest BCUT2D eigenvalue weighted by Crippen LogP contribution is -2.31. The van der Waals surface area contributed by atoms with Crippen LogP contribution in [0.5, 0.6) is 5.75 Å². The van der Waals surface area contributed by atoms with Crippen LogP contribution in [0.3, 0.4) is 0 Å². The van der Waals surface area contributed by atoms with Crippen molar-refractivity contribution in [1.29, 1.82) is 0 Å². The Morgan fingerprint density at radius 2 is 1.81 bits per heavy atom. The van der Waals surface area contributed by atoms with E-state index in [1.54, 1.807) is 24.3 Å². The summed E-state index contributed by atoms with van der Waals surface area (Å²) in [6.45, 7) is 4.41. The van der Waals surface area contributed by atoms with Gasteiger partial charge in [0.2, 0.25) is 10.0 Å². The van der Waals surface area contributed by atoms with Gasteiger partial charge in [0, 0.05) is 13.1 Å². The third-order valence-electron chi connectivity index (χ3n) is 4.35. The minimum absolute atomic E-state index is 0.0517. The maximum Gasteiger partial charge on any atom is 0.243 e. The van der Waals surface area contributed by atoms with Crippen LogP contribution >= 0.6 is 0 Å². The van der Waals surface area contributed by atoms with Gasteiger partial charge in [0.15, 0.2) is 0 Å². The van der Waals surface area contributed by atoms with Gasteiger partial charge >= 0.3 is 0 Å². The van der Waals surface area contributed by atoms with E-state index in [1.165, 1.54) is 4.31 Å². The topological polar surface area (TPSA) is 46.6 Å². The number of halogens is 1. The summed E-state index contributed by atoms with van der Waals surface area (Å²) in [7, 11) is -3.46. The van der Waals surface area contributed by atoms with Crippen molar-refractivity contribution in [3.8, 4) is 5.75 Å². The van der Waals surface area contributed by atoms with E-state index in [0.29, 0.717) is 18.8 Å². The summed E-state index contributed by atoms with van der Waals surface area (Å²) in [5.41, 5.74) is 0. The molecule has 1 heterocycles. The van der Waals surface area contributed by atoms with Crippen LogP contribution in [-0.2, 0) is 10.0 Å². The molecule has 4 nitrogen and oxygen atoms in total. The number of sulfonamides is 1. The quantitative estimate of drug-likeness (QED) is 0.838. The van der Waals surface area contributed by atoms with E-state index < -0.39 is 10.0 Å². The fourth-order valence-corrected chi connectivity index (χ4v) is 4.66. The smallest absolute Gasteiger partial charge is 0.243 e. The Bertz CT molecular complexity index is 602. The summed E-state index contributed by atoms with van der Waals surface area (Å²) in [6, 6.07) is 6.50. The zero-order chi connectivity index (χ0) is 15.2. The van der Waals surface area contributed by atoms with Crippen molar-refractivity contribution in [2.75, 3.05) is 19.8 Å². The Hall–Kier alpha value is -1.14. The van der Waals surface area contributed by atoms with Gasteiger partial charge in [-0.3, -0.25) is 4.39 Å². The number of alkyl halides is 1. The molecule has 3 rings (SSSR count). The second-order valence-corrected chi connectivity index (χ2v) is 8.04. The molecule has 2 fully saturated rings. The standard InChI is InChI=1S/C15H20FNO3S/c1-10(2)20-11-3-5-12(6-4-11)21(18,19)17-8-14-13(7-16)15(14)9-17/h3-6,10,13-15H,7-9H2,1-2H3/t13?,14-,15+. The zero-order valence-electron chi connectivity index (χ0n) is 12.2. The van der Waals surface area contributed by atoms with E-state index in [9.17, 15) is 12.8 Å². The lowest BCUT2D eigenvalue weighted by Gasteiger charge is -2.19. The average molecular weight is 313 g/mol. The van der Waals surface area contributed by atoms with Gasteiger partial charge in [-0.2, -0.15) is 4.31 Å². The molecule has 2 aliphatic rings. The molecule has 3 atom stereocenters. The predicted molar refractivity (Wildman–Crippen MR) is 77.4 cm³/mol. The van der Waals surface area contributed by atoms with Crippen molar-refractivity contribution < 1.29 is 17.5 Å². The first-order chi connectivity index (χ1) is 9.93. The maximum absolute atomic E-state index is 12.6. The third-order valence-corrected chi connectivity index (χ3v) is 6.20. The molecule has 21 heavy (non-hydrogen) atoms. The first kappa shape index (κ1) is 14.8. The molecule has 1 aliphatic carbocycles. The summed E-state index contributed by atoms with van der Waals surface area (Å²) in [5.74, 6) is 1.17. The monoisotopic (exact) mass is 313 g/mol. The highest BCUT2D eigenvalue weighted by molar-refractivity contribution is 7.89. The molecule has 0 spiro atoms. The fraction of sp³-hybridized carbons (Fsp3) is 0.600. The molecule has 0 bridgehead atoms. The number of fused-ring (bicyclic) bond motifs is 1. The van der Waals surface area contributed by atoms with Crippen molar-refractivity contribution in [3.63, 3.8) is 0 Å². The summed E-state index contributed by atoms with van der Waals surface area (Å²) >= 11 is 0. The van der Waals surface area contributed by atoms with E-state index in [-0.39, 0.29) is 35.4 Å². The Morgan fingerprint density at radius 3 is 2.29 bits per heavy atom. The van der Waals surface area contributed by atoms with Gasteiger partial charge in [-0.25, -0.2) is 8.42 Å². The normalized spacial score (nSPS) is 28.7. The summed E-state index contributed by atoms with van der Waals surface area (Å²) in [4.78, 5) is 0.275. The molecule has 1 saturated heterocycles.